The van der Waals surface area contributed by atoms with E-state index >= 15 is 0 Å². The van der Waals surface area contributed by atoms with Crippen LogP contribution in [0.1, 0.15) is 17.5 Å². The number of aromatic nitrogens is 1. The Morgan fingerprint density at radius 2 is 1.94 bits per heavy atom. The molecule has 0 unspecified atom stereocenters. The third-order valence-electron chi connectivity index (χ3n) is 5.48. The van der Waals surface area contributed by atoms with Gasteiger partial charge in [0.1, 0.15) is 6.10 Å². The van der Waals surface area contributed by atoms with E-state index in [9.17, 15) is 18.3 Å². The highest BCUT2D eigenvalue weighted by atomic mass is 35.5. The molecule has 32 heavy (non-hydrogen) atoms. The van der Waals surface area contributed by atoms with Gasteiger partial charge in [0, 0.05) is 48.1 Å². The molecule has 0 bridgehead atoms. The zero-order valence-corrected chi connectivity index (χ0v) is 17.9. The van der Waals surface area contributed by atoms with E-state index in [0.29, 0.717) is 24.4 Å². The summed E-state index contributed by atoms with van der Waals surface area (Å²) in [5.41, 5.74) is 3.10. The van der Waals surface area contributed by atoms with Crippen molar-refractivity contribution in [3.8, 4) is 17.0 Å². The molecule has 0 radical (unpaired) electrons. The van der Waals surface area contributed by atoms with Gasteiger partial charge in [0.25, 0.3) is 0 Å². The molecule has 1 N–H and O–H groups in total. The molecule has 1 aliphatic heterocycles. The Hall–Kier alpha value is -2.77. The van der Waals surface area contributed by atoms with Gasteiger partial charge in [-0.2, -0.15) is 13.2 Å². The quantitative estimate of drug-likeness (QED) is 0.517. The highest BCUT2D eigenvalue weighted by Crippen LogP contribution is 2.34. The maximum Gasteiger partial charge on any atom is 0.417 e. The van der Waals surface area contributed by atoms with Crippen LogP contribution in [0.2, 0.25) is 5.02 Å². The van der Waals surface area contributed by atoms with Gasteiger partial charge in [-0.3, -0.25) is 0 Å². The fourth-order valence-electron chi connectivity index (χ4n) is 3.91. The average Bonchev–Trinajstić information content (AvgIpc) is 3.22. The van der Waals surface area contributed by atoms with Crippen LogP contribution in [0.5, 0.6) is 5.88 Å². The number of benzene rings is 2. The van der Waals surface area contributed by atoms with Crippen LogP contribution >= 0.6 is 11.6 Å². The molecule has 1 saturated heterocycles. The van der Waals surface area contributed by atoms with E-state index in [1.807, 2.05) is 42.5 Å². The minimum absolute atomic E-state index is 0.0161. The van der Waals surface area contributed by atoms with Gasteiger partial charge in [0.2, 0.25) is 5.88 Å². The van der Waals surface area contributed by atoms with Crippen LogP contribution in [0.15, 0.2) is 60.8 Å². The Balaban J connectivity index is 1.49. The van der Waals surface area contributed by atoms with Crippen molar-refractivity contribution in [2.45, 2.75) is 25.1 Å². The fraction of sp³-hybridized carbons (Fsp3) is 0.292. The van der Waals surface area contributed by atoms with E-state index in [0.717, 1.165) is 41.2 Å². The first-order chi connectivity index (χ1) is 15.3. The van der Waals surface area contributed by atoms with Crippen molar-refractivity contribution in [3.63, 3.8) is 0 Å². The number of pyridine rings is 1. The zero-order valence-electron chi connectivity index (χ0n) is 17.1. The van der Waals surface area contributed by atoms with Crippen LogP contribution in [0, 0.1) is 0 Å². The van der Waals surface area contributed by atoms with E-state index in [1.165, 1.54) is 6.07 Å². The lowest BCUT2D eigenvalue weighted by Crippen LogP contribution is -2.25. The third-order valence-corrected chi connectivity index (χ3v) is 5.81. The van der Waals surface area contributed by atoms with Gasteiger partial charge >= 0.3 is 6.18 Å². The summed E-state index contributed by atoms with van der Waals surface area (Å²) in [6, 6.07) is 15.9. The SMILES string of the molecule is OCCc1cc(-c2ccccc2Cl)ccc1N1CC[C@H](Oc2ccc(C(F)(F)F)cn2)C1. The van der Waals surface area contributed by atoms with Crippen LogP contribution in [-0.2, 0) is 12.6 Å². The zero-order chi connectivity index (χ0) is 22.7. The Morgan fingerprint density at radius 1 is 1.12 bits per heavy atom. The predicted octanol–water partition coefficient (Wildman–Crippen LogP) is 5.61. The van der Waals surface area contributed by atoms with Crippen molar-refractivity contribution in [1.82, 2.24) is 4.98 Å². The third kappa shape index (κ3) is 5.00. The number of aliphatic hydroxyl groups excluding tert-OH is 1. The van der Waals surface area contributed by atoms with Crippen LogP contribution in [0.4, 0.5) is 18.9 Å². The number of halogens is 4. The van der Waals surface area contributed by atoms with Gasteiger partial charge in [-0.25, -0.2) is 4.98 Å². The standard InChI is InChI=1S/C24H22ClF3N2O2/c25-21-4-2-1-3-20(21)16-5-7-22(17(13-16)10-12-31)30-11-9-19(15-30)32-23-8-6-18(14-29-23)24(26,27)28/h1-8,13-14,19,31H,9-12,15H2/t19-/m0/s1. The summed E-state index contributed by atoms with van der Waals surface area (Å²) >= 11 is 6.34. The first-order valence-corrected chi connectivity index (χ1v) is 10.7. The van der Waals surface area contributed by atoms with Gasteiger partial charge in [0.05, 0.1) is 12.1 Å². The van der Waals surface area contributed by atoms with E-state index in [4.69, 9.17) is 16.3 Å². The molecule has 1 atom stereocenters. The Bertz CT molecular complexity index is 1070. The summed E-state index contributed by atoms with van der Waals surface area (Å²) in [5.74, 6) is 0.175. The second-order valence-corrected chi connectivity index (χ2v) is 8.06. The van der Waals surface area contributed by atoms with Crippen molar-refractivity contribution in [2.75, 3.05) is 24.6 Å². The van der Waals surface area contributed by atoms with Crippen molar-refractivity contribution in [1.29, 1.82) is 0 Å². The summed E-state index contributed by atoms with van der Waals surface area (Å²) < 4.78 is 43.9. The van der Waals surface area contributed by atoms with Crippen molar-refractivity contribution in [2.24, 2.45) is 0 Å². The molecule has 2 heterocycles. The Morgan fingerprint density at radius 3 is 2.62 bits per heavy atom. The molecule has 1 fully saturated rings. The van der Waals surface area contributed by atoms with Crippen LogP contribution in [-0.4, -0.2) is 35.9 Å². The summed E-state index contributed by atoms with van der Waals surface area (Å²) in [7, 11) is 0. The molecule has 4 nitrogen and oxygen atoms in total. The van der Waals surface area contributed by atoms with Gasteiger partial charge < -0.3 is 14.7 Å². The van der Waals surface area contributed by atoms with Crippen LogP contribution < -0.4 is 9.64 Å². The Kier molecular flexibility index (Phi) is 6.58. The molecular weight excluding hydrogens is 441 g/mol. The first-order valence-electron chi connectivity index (χ1n) is 10.3. The monoisotopic (exact) mass is 462 g/mol. The maximum atomic E-state index is 12.7. The average molecular weight is 463 g/mol. The molecule has 0 spiro atoms. The predicted molar refractivity (Wildman–Crippen MR) is 118 cm³/mol. The molecule has 2 aromatic carbocycles. The number of anilines is 1. The minimum atomic E-state index is -4.42. The maximum absolute atomic E-state index is 12.7. The van der Waals surface area contributed by atoms with E-state index < -0.39 is 11.7 Å². The number of nitrogens with zero attached hydrogens (tertiary/aromatic N) is 2. The number of alkyl halides is 3. The van der Waals surface area contributed by atoms with Crippen LogP contribution in [0.25, 0.3) is 11.1 Å². The summed E-state index contributed by atoms with van der Waals surface area (Å²) in [5, 5.41) is 10.2. The topological polar surface area (TPSA) is 45.6 Å². The summed E-state index contributed by atoms with van der Waals surface area (Å²) in [4.78, 5) is 5.96. The molecule has 1 aliphatic rings. The van der Waals surface area contributed by atoms with Gasteiger partial charge in [0.15, 0.2) is 0 Å². The number of rotatable bonds is 6. The highest BCUT2D eigenvalue weighted by Gasteiger charge is 2.31. The lowest BCUT2D eigenvalue weighted by atomic mass is 9.99. The number of hydrogen-bond donors (Lipinski definition) is 1. The van der Waals surface area contributed by atoms with Crippen LogP contribution in [0.3, 0.4) is 0 Å². The summed E-state index contributed by atoms with van der Waals surface area (Å²) in [6.45, 7) is 1.32. The number of ether oxygens (including phenoxy) is 1. The van der Waals surface area contributed by atoms with Crippen molar-refractivity contribution < 1.29 is 23.0 Å². The van der Waals surface area contributed by atoms with Crippen molar-refractivity contribution >= 4 is 17.3 Å². The molecular formula is C24H22ClF3N2O2. The number of hydrogen-bond acceptors (Lipinski definition) is 4. The molecule has 3 aromatic rings. The second kappa shape index (κ2) is 9.38. The van der Waals surface area contributed by atoms with E-state index in [2.05, 4.69) is 9.88 Å². The second-order valence-electron chi connectivity index (χ2n) is 7.65. The highest BCUT2D eigenvalue weighted by molar-refractivity contribution is 6.33. The van der Waals surface area contributed by atoms with E-state index in [-0.39, 0.29) is 18.6 Å². The molecule has 0 amide bonds. The number of aliphatic hydroxyl groups is 1. The fourth-order valence-corrected chi connectivity index (χ4v) is 4.15. The molecule has 0 saturated carbocycles. The van der Waals surface area contributed by atoms with E-state index in [1.54, 1.807) is 0 Å². The van der Waals surface area contributed by atoms with Gasteiger partial charge in [-0.15, -0.1) is 0 Å². The first kappa shape index (κ1) is 22.4. The smallest absolute Gasteiger partial charge is 0.417 e. The Labute approximate surface area is 189 Å². The lowest BCUT2D eigenvalue weighted by Gasteiger charge is -2.23. The lowest BCUT2D eigenvalue weighted by molar-refractivity contribution is -0.137. The molecule has 0 aliphatic carbocycles. The largest absolute Gasteiger partial charge is 0.472 e. The normalized spacial score (nSPS) is 16.4. The van der Waals surface area contributed by atoms with Gasteiger partial charge in [-0.05, 0) is 41.8 Å². The molecule has 168 valence electrons. The molecule has 4 rings (SSSR count). The summed E-state index contributed by atoms with van der Waals surface area (Å²) in [6.07, 6.45) is -2.61. The van der Waals surface area contributed by atoms with Gasteiger partial charge in [-0.1, -0.05) is 35.9 Å². The minimum Gasteiger partial charge on any atom is -0.472 e. The van der Waals surface area contributed by atoms with Crippen molar-refractivity contribution in [3.05, 3.63) is 76.9 Å². The molecule has 8 heteroatoms. The molecule has 1 aromatic heterocycles.